The molecule has 1 spiro atoms. The predicted molar refractivity (Wildman–Crippen MR) is 144 cm³/mol. The Balaban J connectivity index is 1.71. The average molecular weight is 531 g/mol. The van der Waals surface area contributed by atoms with Crippen LogP contribution in [0.3, 0.4) is 0 Å². The van der Waals surface area contributed by atoms with Gasteiger partial charge < -0.3 is 24.4 Å². The summed E-state index contributed by atoms with van der Waals surface area (Å²) in [6, 6.07) is -0.660. The number of rotatable bonds is 13. The average Bonchev–Trinajstić information content (AvgIpc) is 3.42. The highest BCUT2D eigenvalue weighted by Gasteiger charge is 2.80. The number of aliphatic hydroxyl groups excluding tert-OH is 1. The molecule has 4 aliphatic rings. The van der Waals surface area contributed by atoms with Crippen molar-refractivity contribution < 1.29 is 29.0 Å². The fourth-order valence-corrected chi connectivity index (χ4v) is 7.70. The minimum absolute atomic E-state index is 0.0184. The molecule has 3 heterocycles. The molecule has 0 aromatic carbocycles. The van der Waals surface area contributed by atoms with E-state index in [4.69, 9.17) is 14.6 Å². The molecule has 2 amide bonds. The van der Waals surface area contributed by atoms with Gasteiger partial charge in [0.25, 0.3) is 0 Å². The van der Waals surface area contributed by atoms with Crippen LogP contribution < -0.4 is 0 Å². The Labute approximate surface area is 227 Å². The maximum absolute atomic E-state index is 14.6. The van der Waals surface area contributed by atoms with Crippen LogP contribution in [0.25, 0.3) is 0 Å². The molecule has 38 heavy (non-hydrogen) atoms. The van der Waals surface area contributed by atoms with E-state index in [-0.39, 0.29) is 37.0 Å². The molecule has 4 rings (SSSR count). The topological polar surface area (TPSA) is 96.4 Å². The first-order chi connectivity index (χ1) is 18.3. The Morgan fingerprint density at radius 2 is 1.87 bits per heavy atom. The van der Waals surface area contributed by atoms with Gasteiger partial charge in [-0.2, -0.15) is 0 Å². The number of carbonyl (C=O) groups excluding carboxylic acids is 3. The van der Waals surface area contributed by atoms with Gasteiger partial charge in [0.2, 0.25) is 11.8 Å². The lowest BCUT2D eigenvalue weighted by molar-refractivity contribution is -0.161. The molecule has 0 radical (unpaired) electrons. The van der Waals surface area contributed by atoms with Gasteiger partial charge in [0.05, 0.1) is 11.5 Å². The van der Waals surface area contributed by atoms with Gasteiger partial charge >= 0.3 is 5.97 Å². The summed E-state index contributed by atoms with van der Waals surface area (Å²) in [7, 11) is 0. The number of likely N-dealkylation sites (tertiary alicyclic amines) is 1. The van der Waals surface area contributed by atoms with Crippen LogP contribution in [0, 0.1) is 17.8 Å². The van der Waals surface area contributed by atoms with E-state index in [1.165, 1.54) is 12.5 Å². The summed E-state index contributed by atoms with van der Waals surface area (Å²) < 4.78 is 12.3. The molecular formula is C30H46N2O6. The molecule has 2 bridgehead atoms. The monoisotopic (exact) mass is 530 g/mol. The molecule has 8 heteroatoms. The Kier molecular flexibility index (Phi) is 9.03. The van der Waals surface area contributed by atoms with Gasteiger partial charge in [-0.15, -0.1) is 6.58 Å². The molecule has 0 aromatic heterocycles. The Morgan fingerprint density at radius 1 is 1.16 bits per heavy atom. The predicted octanol–water partition coefficient (Wildman–Crippen LogP) is 3.63. The molecule has 1 N–H and O–H groups in total. The van der Waals surface area contributed by atoms with E-state index < -0.39 is 35.0 Å². The lowest BCUT2D eigenvalue weighted by atomic mass is 9.62. The normalized spacial score (nSPS) is 34.3. The number of fused-ring (bicyclic) bond motifs is 1. The third kappa shape index (κ3) is 4.83. The molecule has 3 unspecified atom stereocenters. The summed E-state index contributed by atoms with van der Waals surface area (Å²) in [5, 5.41) is 9.15. The SMILES string of the molecule is C=CCOC(=O)[C@H]1[C@H]2C(=O)N(CCCCCCO)C(C(=O)N(CC=C)C3CCCCC3)C23CC(C)[C@]1(C)O3. The summed E-state index contributed by atoms with van der Waals surface area (Å²) in [5.74, 6) is -2.25. The summed E-state index contributed by atoms with van der Waals surface area (Å²) in [5.41, 5.74) is -1.93. The van der Waals surface area contributed by atoms with Gasteiger partial charge in [-0.1, -0.05) is 57.8 Å². The highest BCUT2D eigenvalue weighted by molar-refractivity contribution is 5.98. The van der Waals surface area contributed by atoms with Crippen molar-refractivity contribution in [3.63, 3.8) is 0 Å². The third-order valence-corrected chi connectivity index (χ3v) is 9.58. The fourth-order valence-electron chi connectivity index (χ4n) is 7.70. The van der Waals surface area contributed by atoms with Crippen molar-refractivity contribution in [3.8, 4) is 0 Å². The number of carbonyl (C=O) groups is 3. The van der Waals surface area contributed by atoms with Crippen molar-refractivity contribution in [3.05, 3.63) is 25.3 Å². The minimum atomic E-state index is -1.06. The molecule has 1 aliphatic carbocycles. The van der Waals surface area contributed by atoms with Crippen LogP contribution in [0.5, 0.6) is 0 Å². The van der Waals surface area contributed by atoms with E-state index in [9.17, 15) is 14.4 Å². The molecule has 6 atom stereocenters. The largest absolute Gasteiger partial charge is 0.461 e. The highest BCUT2D eigenvalue weighted by atomic mass is 16.6. The second-order valence-electron chi connectivity index (χ2n) is 11.9. The standard InChI is InChI=1S/C30H46N2O6/c1-5-16-31(22-14-10-9-11-15-22)27(35)25-30-20-21(3)29(4,38-30)24(28(36)37-19-6-2)23(30)26(34)32(25)17-12-7-8-13-18-33/h5-6,21-25,33H,1-2,7-20H2,3-4H3/t21?,23-,24+,25?,29-,30?/m0/s1. The van der Waals surface area contributed by atoms with Gasteiger partial charge in [-0.25, -0.2) is 0 Å². The van der Waals surface area contributed by atoms with Crippen molar-refractivity contribution in [1.29, 1.82) is 0 Å². The first kappa shape index (κ1) is 28.8. The minimum Gasteiger partial charge on any atom is -0.461 e. The Morgan fingerprint density at radius 3 is 2.53 bits per heavy atom. The first-order valence-corrected chi connectivity index (χ1v) is 14.6. The quantitative estimate of drug-likeness (QED) is 0.222. The zero-order valence-electron chi connectivity index (χ0n) is 23.2. The van der Waals surface area contributed by atoms with Crippen molar-refractivity contribution in [2.75, 3.05) is 26.3 Å². The van der Waals surface area contributed by atoms with Crippen LogP contribution in [0.2, 0.25) is 0 Å². The van der Waals surface area contributed by atoms with Crippen molar-refractivity contribution in [2.45, 2.75) is 101 Å². The smallest absolute Gasteiger partial charge is 0.313 e. The van der Waals surface area contributed by atoms with Gasteiger partial charge in [-0.3, -0.25) is 14.4 Å². The van der Waals surface area contributed by atoms with E-state index in [1.54, 1.807) is 11.0 Å². The second kappa shape index (κ2) is 11.9. The molecule has 0 aromatic rings. The third-order valence-electron chi connectivity index (χ3n) is 9.58. The Hall–Kier alpha value is -2.19. The van der Waals surface area contributed by atoms with Crippen molar-refractivity contribution >= 4 is 17.8 Å². The molecule has 1 saturated carbocycles. The number of hydrogen-bond donors (Lipinski definition) is 1. The van der Waals surface area contributed by atoms with Gasteiger partial charge in [0, 0.05) is 25.7 Å². The molecule has 3 aliphatic heterocycles. The lowest BCUT2D eigenvalue weighted by Gasteiger charge is -2.41. The molecule has 8 nitrogen and oxygen atoms in total. The summed E-state index contributed by atoms with van der Waals surface area (Å²) in [6.07, 6.45) is 12.2. The fraction of sp³-hybridized carbons (Fsp3) is 0.767. The van der Waals surface area contributed by atoms with E-state index in [0.717, 1.165) is 44.9 Å². The van der Waals surface area contributed by atoms with Crippen molar-refractivity contribution in [1.82, 2.24) is 9.80 Å². The van der Waals surface area contributed by atoms with E-state index in [2.05, 4.69) is 13.2 Å². The number of nitrogens with zero attached hydrogens (tertiary/aromatic N) is 2. The van der Waals surface area contributed by atoms with Crippen LogP contribution in [0.1, 0.15) is 78.1 Å². The zero-order valence-corrected chi connectivity index (χ0v) is 23.2. The number of ether oxygens (including phenoxy) is 2. The van der Waals surface area contributed by atoms with Crippen LogP contribution in [0.15, 0.2) is 25.3 Å². The highest BCUT2D eigenvalue weighted by Crippen LogP contribution is 2.65. The van der Waals surface area contributed by atoms with E-state index in [0.29, 0.717) is 25.9 Å². The van der Waals surface area contributed by atoms with Gasteiger partial charge in [0.15, 0.2) is 0 Å². The van der Waals surface area contributed by atoms with Crippen LogP contribution in [0.4, 0.5) is 0 Å². The van der Waals surface area contributed by atoms with Crippen LogP contribution in [-0.2, 0) is 23.9 Å². The summed E-state index contributed by atoms with van der Waals surface area (Å²) in [4.78, 5) is 45.8. The second-order valence-corrected chi connectivity index (χ2v) is 11.9. The van der Waals surface area contributed by atoms with Crippen molar-refractivity contribution in [2.24, 2.45) is 17.8 Å². The molecular weight excluding hydrogens is 484 g/mol. The zero-order chi connectivity index (χ0) is 27.5. The molecule has 212 valence electrons. The van der Waals surface area contributed by atoms with E-state index >= 15 is 0 Å². The number of esters is 1. The number of aliphatic hydroxyl groups is 1. The summed E-state index contributed by atoms with van der Waals surface area (Å²) in [6.45, 7) is 12.6. The number of amides is 2. The number of unbranched alkanes of at least 4 members (excludes halogenated alkanes) is 3. The summed E-state index contributed by atoms with van der Waals surface area (Å²) >= 11 is 0. The molecule has 4 fully saturated rings. The van der Waals surface area contributed by atoms with Gasteiger partial charge in [0.1, 0.15) is 24.2 Å². The maximum atomic E-state index is 14.6. The number of hydrogen-bond acceptors (Lipinski definition) is 6. The van der Waals surface area contributed by atoms with E-state index in [1.807, 2.05) is 18.7 Å². The Bertz CT molecular complexity index is 916. The van der Waals surface area contributed by atoms with Crippen LogP contribution in [-0.4, -0.2) is 82.3 Å². The van der Waals surface area contributed by atoms with Crippen LogP contribution >= 0.6 is 0 Å². The maximum Gasteiger partial charge on any atom is 0.313 e. The van der Waals surface area contributed by atoms with Gasteiger partial charge in [-0.05, 0) is 44.9 Å². The molecule has 3 saturated heterocycles. The lowest BCUT2D eigenvalue weighted by Crippen LogP contribution is -2.58. The first-order valence-electron chi connectivity index (χ1n) is 14.6.